The first-order valence-corrected chi connectivity index (χ1v) is 13.5. The number of aromatic amines is 1. The van der Waals surface area contributed by atoms with Crippen LogP contribution in [0.25, 0.3) is 0 Å². The molecule has 38 heavy (non-hydrogen) atoms. The number of benzene rings is 1. The molecule has 1 aromatic heterocycles. The van der Waals surface area contributed by atoms with Gasteiger partial charge in [0.15, 0.2) is 0 Å². The number of ether oxygens (including phenoxy) is 1. The molecule has 0 saturated carbocycles. The van der Waals surface area contributed by atoms with Crippen LogP contribution in [0.15, 0.2) is 23.0 Å². The van der Waals surface area contributed by atoms with Gasteiger partial charge in [0.25, 0.3) is 0 Å². The number of hydrogen-bond donors (Lipinski definition) is 2. The second-order valence-corrected chi connectivity index (χ2v) is 9.32. The van der Waals surface area contributed by atoms with E-state index in [0.29, 0.717) is 30.9 Å². The lowest BCUT2D eigenvalue weighted by Gasteiger charge is -2.29. The summed E-state index contributed by atoms with van der Waals surface area (Å²) in [5, 5.41) is 10.6. The molecule has 2 N–H and O–H groups in total. The summed E-state index contributed by atoms with van der Waals surface area (Å²) in [6.07, 6.45) is 2.80. The highest BCUT2D eigenvalue weighted by atomic mass is 19.1. The standard InChI is InChI=1S/C18H22FN5O2.C6H13N.C2H3N.C2H6/c1-26-16-4-2-3-14(19)12(16)9-23-10-13-15(11-23)21-18(25)22-17(13)24-7-5-20-6-8-24;1-6-4-3-5-7(6)2;1-2-3;1-2/h2-4,20H,5-11H2,1H3,(H,21,22,25);6H,3-5H2,1-2H3;1H3;1-2H3/t;6-;;/m.1../s1. The van der Waals surface area contributed by atoms with E-state index in [9.17, 15) is 9.18 Å². The lowest BCUT2D eigenvalue weighted by Crippen LogP contribution is -2.45. The van der Waals surface area contributed by atoms with Gasteiger partial charge in [-0.2, -0.15) is 10.2 Å². The van der Waals surface area contributed by atoms with E-state index in [1.165, 1.54) is 32.4 Å². The summed E-state index contributed by atoms with van der Waals surface area (Å²) in [6.45, 7) is 14.0. The Kier molecular flexibility index (Phi) is 13.2. The number of nitrogens with zero attached hydrogens (tertiary/aromatic N) is 5. The van der Waals surface area contributed by atoms with Crippen LogP contribution in [0.1, 0.15) is 57.4 Å². The number of nitriles is 1. The Bertz CT molecular complexity index is 1090. The number of rotatable bonds is 4. The Morgan fingerprint density at radius 3 is 2.45 bits per heavy atom. The number of aromatic nitrogens is 2. The van der Waals surface area contributed by atoms with Crippen molar-refractivity contribution in [3.63, 3.8) is 0 Å². The third-order valence-corrected chi connectivity index (χ3v) is 6.84. The first-order chi connectivity index (χ1) is 18.4. The molecule has 210 valence electrons. The van der Waals surface area contributed by atoms with Crippen LogP contribution < -0.4 is 20.6 Å². The van der Waals surface area contributed by atoms with Gasteiger partial charge in [-0.15, -0.1) is 0 Å². The fourth-order valence-corrected chi connectivity index (χ4v) is 4.77. The predicted octanol–water partition coefficient (Wildman–Crippen LogP) is 3.50. The zero-order valence-corrected chi connectivity index (χ0v) is 23.8. The molecule has 2 aromatic rings. The maximum atomic E-state index is 14.3. The van der Waals surface area contributed by atoms with E-state index in [4.69, 9.17) is 10.00 Å². The molecule has 3 aliphatic rings. The van der Waals surface area contributed by atoms with Crippen LogP contribution in [0.3, 0.4) is 0 Å². The number of piperazine rings is 1. The summed E-state index contributed by atoms with van der Waals surface area (Å²) in [5.74, 6) is 1.01. The van der Waals surface area contributed by atoms with E-state index in [-0.39, 0.29) is 11.5 Å². The van der Waals surface area contributed by atoms with Crippen LogP contribution >= 0.6 is 0 Å². The average Bonchev–Trinajstić information content (AvgIpc) is 3.51. The van der Waals surface area contributed by atoms with Gasteiger partial charge in [-0.05, 0) is 45.5 Å². The fourth-order valence-electron chi connectivity index (χ4n) is 4.77. The summed E-state index contributed by atoms with van der Waals surface area (Å²) >= 11 is 0. The number of nitrogens with one attached hydrogen (secondary N) is 2. The monoisotopic (exact) mass is 529 g/mol. The summed E-state index contributed by atoms with van der Waals surface area (Å²) < 4.78 is 19.6. The van der Waals surface area contributed by atoms with Crippen molar-refractivity contribution in [1.29, 1.82) is 5.26 Å². The summed E-state index contributed by atoms with van der Waals surface area (Å²) in [7, 11) is 3.73. The highest BCUT2D eigenvalue weighted by Gasteiger charge is 2.28. The van der Waals surface area contributed by atoms with E-state index in [2.05, 4.69) is 44.0 Å². The van der Waals surface area contributed by atoms with Gasteiger partial charge in [0.05, 0.1) is 13.2 Å². The Labute approximate surface area is 226 Å². The van der Waals surface area contributed by atoms with Crippen LogP contribution in [0.5, 0.6) is 5.75 Å². The number of methoxy groups -OCH3 is 1. The van der Waals surface area contributed by atoms with Gasteiger partial charge < -0.3 is 24.8 Å². The molecule has 2 saturated heterocycles. The highest BCUT2D eigenvalue weighted by molar-refractivity contribution is 5.50. The third kappa shape index (κ3) is 8.51. The van der Waals surface area contributed by atoms with Crippen LogP contribution in [0, 0.1) is 17.1 Å². The van der Waals surface area contributed by atoms with Gasteiger partial charge in [0.1, 0.15) is 17.4 Å². The maximum Gasteiger partial charge on any atom is 0.347 e. The van der Waals surface area contributed by atoms with Gasteiger partial charge in [-0.25, -0.2) is 9.18 Å². The third-order valence-electron chi connectivity index (χ3n) is 6.84. The topological polar surface area (TPSA) is 101 Å². The van der Waals surface area contributed by atoms with Crippen molar-refractivity contribution >= 4 is 5.82 Å². The zero-order chi connectivity index (χ0) is 28.1. The molecule has 0 unspecified atom stereocenters. The molecule has 3 aliphatic heterocycles. The van der Waals surface area contributed by atoms with Crippen molar-refractivity contribution in [3.8, 4) is 11.8 Å². The molecule has 1 atom stereocenters. The summed E-state index contributed by atoms with van der Waals surface area (Å²) in [5.41, 5.74) is 2.10. The lowest BCUT2D eigenvalue weighted by atomic mass is 10.1. The zero-order valence-electron chi connectivity index (χ0n) is 23.8. The van der Waals surface area contributed by atoms with Crippen molar-refractivity contribution in [2.45, 2.75) is 66.2 Å². The SMILES string of the molecule is CC.CC#N.COc1cccc(F)c1CN1Cc2[nH]c(=O)nc(N3CCNCC3)c2C1.C[C@@H]1CCCN1C. The Hall–Kier alpha value is -3.00. The molecule has 1 aromatic carbocycles. The molecular weight excluding hydrogens is 485 g/mol. The Balaban J connectivity index is 0.000000355. The molecule has 0 spiro atoms. The van der Waals surface area contributed by atoms with Gasteiger partial charge >= 0.3 is 5.69 Å². The first kappa shape index (κ1) is 31.2. The minimum atomic E-state index is -0.331. The number of fused-ring (bicyclic) bond motifs is 1. The quantitative estimate of drug-likeness (QED) is 0.621. The molecule has 0 amide bonds. The fraction of sp³-hybridized carbons (Fsp3) is 0.607. The van der Waals surface area contributed by atoms with Crippen LogP contribution in [-0.2, 0) is 19.6 Å². The van der Waals surface area contributed by atoms with Crippen molar-refractivity contribution < 1.29 is 9.13 Å². The molecule has 0 bridgehead atoms. The molecule has 4 heterocycles. The second kappa shape index (κ2) is 16.1. The van der Waals surface area contributed by atoms with E-state index in [1.807, 2.05) is 13.8 Å². The molecule has 10 heteroatoms. The number of H-pyrrole nitrogens is 1. The van der Waals surface area contributed by atoms with Crippen molar-refractivity contribution in [2.75, 3.05) is 51.8 Å². The van der Waals surface area contributed by atoms with Crippen LogP contribution in [-0.4, -0.2) is 72.7 Å². The van der Waals surface area contributed by atoms with Crippen molar-refractivity contribution in [2.24, 2.45) is 0 Å². The van der Waals surface area contributed by atoms with Gasteiger partial charge in [-0.1, -0.05) is 19.9 Å². The van der Waals surface area contributed by atoms with Gasteiger partial charge in [-0.3, -0.25) is 4.90 Å². The van der Waals surface area contributed by atoms with E-state index < -0.39 is 0 Å². The molecule has 0 aliphatic carbocycles. The Morgan fingerprint density at radius 1 is 1.21 bits per heavy atom. The van der Waals surface area contributed by atoms with Crippen molar-refractivity contribution in [3.05, 3.63) is 51.3 Å². The molecular formula is C28H44FN7O2. The minimum absolute atomic E-state index is 0.283. The van der Waals surface area contributed by atoms with E-state index in [0.717, 1.165) is 49.3 Å². The molecule has 0 radical (unpaired) electrons. The average molecular weight is 530 g/mol. The summed E-state index contributed by atoms with van der Waals surface area (Å²) in [6, 6.07) is 7.44. The van der Waals surface area contributed by atoms with Gasteiger partial charge in [0, 0.05) is 75.6 Å². The van der Waals surface area contributed by atoms with Crippen molar-refractivity contribution in [1.82, 2.24) is 25.1 Å². The van der Waals surface area contributed by atoms with Crippen LogP contribution in [0.4, 0.5) is 10.2 Å². The molecule has 2 fully saturated rings. The molecule has 5 rings (SSSR count). The van der Waals surface area contributed by atoms with E-state index in [1.54, 1.807) is 25.3 Å². The number of halogens is 1. The molecule has 9 nitrogen and oxygen atoms in total. The second-order valence-electron chi connectivity index (χ2n) is 9.32. The number of hydrogen-bond acceptors (Lipinski definition) is 8. The highest BCUT2D eigenvalue weighted by Crippen LogP contribution is 2.31. The first-order valence-electron chi connectivity index (χ1n) is 13.5. The number of likely N-dealkylation sites (tertiary alicyclic amines) is 1. The minimum Gasteiger partial charge on any atom is -0.496 e. The maximum absolute atomic E-state index is 14.3. The predicted molar refractivity (Wildman–Crippen MR) is 150 cm³/mol. The van der Waals surface area contributed by atoms with Gasteiger partial charge in [0.2, 0.25) is 0 Å². The smallest absolute Gasteiger partial charge is 0.347 e. The lowest BCUT2D eigenvalue weighted by molar-refractivity contribution is 0.263. The number of anilines is 1. The van der Waals surface area contributed by atoms with E-state index >= 15 is 0 Å². The largest absolute Gasteiger partial charge is 0.496 e. The normalized spacial score (nSPS) is 18.6. The van der Waals surface area contributed by atoms with Crippen LogP contribution in [0.2, 0.25) is 0 Å². The Morgan fingerprint density at radius 2 is 1.89 bits per heavy atom. The summed E-state index contributed by atoms with van der Waals surface area (Å²) in [4.78, 5) is 25.7.